The number of allylic oxidation sites excluding steroid dienone is 12. The molecule has 0 aliphatic carbocycles. The molecule has 0 aromatic heterocycles. The molecule has 0 spiro atoms. The lowest BCUT2D eigenvalue weighted by atomic mass is 10.0. The van der Waals surface area contributed by atoms with Gasteiger partial charge in [-0.15, -0.1) is 0 Å². The quantitative estimate of drug-likeness (QED) is 0.0169. The molecule has 5 atom stereocenters. The van der Waals surface area contributed by atoms with Crippen molar-refractivity contribution < 1.29 is 80.2 Å². The Kier molecular flexibility index (Phi) is 67.4. The van der Waals surface area contributed by atoms with Crippen molar-refractivity contribution in [3.8, 4) is 0 Å². The van der Waals surface area contributed by atoms with Crippen LogP contribution in [0.15, 0.2) is 72.9 Å². The fourth-order valence-electron chi connectivity index (χ4n) is 10.3. The summed E-state index contributed by atoms with van der Waals surface area (Å²) in [6.07, 6.45) is 69.0. The minimum atomic E-state index is -4.97. The molecule has 0 heterocycles. The molecule has 0 fully saturated rings. The van der Waals surface area contributed by atoms with E-state index in [-0.39, 0.29) is 25.7 Å². The average molecular weight is 1400 g/mol. The molecular weight excluding hydrogens is 1260 g/mol. The van der Waals surface area contributed by atoms with E-state index >= 15 is 0 Å². The zero-order valence-electron chi connectivity index (χ0n) is 60.8. The number of hydrogen-bond donors (Lipinski definition) is 3. The number of ether oxygens (including phenoxy) is 4. The smallest absolute Gasteiger partial charge is 0.462 e. The second-order valence-corrected chi connectivity index (χ2v) is 28.5. The van der Waals surface area contributed by atoms with Gasteiger partial charge in [-0.3, -0.25) is 37.3 Å². The number of phosphoric ester groups is 2. The minimum Gasteiger partial charge on any atom is -0.462 e. The van der Waals surface area contributed by atoms with Crippen LogP contribution in [-0.2, 0) is 65.4 Å². The Morgan fingerprint density at radius 1 is 0.302 bits per heavy atom. The molecule has 0 saturated heterocycles. The van der Waals surface area contributed by atoms with Crippen LogP contribution in [0.2, 0.25) is 0 Å². The molecule has 0 amide bonds. The molecule has 0 aliphatic rings. The van der Waals surface area contributed by atoms with E-state index in [1.165, 1.54) is 116 Å². The first-order valence-electron chi connectivity index (χ1n) is 38.2. The van der Waals surface area contributed by atoms with Crippen molar-refractivity contribution in [1.29, 1.82) is 0 Å². The first-order valence-corrected chi connectivity index (χ1v) is 41.2. The molecule has 0 saturated carbocycles. The van der Waals surface area contributed by atoms with Gasteiger partial charge in [0, 0.05) is 25.7 Å². The highest BCUT2D eigenvalue weighted by Crippen LogP contribution is 2.45. The monoisotopic (exact) mass is 1400 g/mol. The van der Waals surface area contributed by atoms with Crippen molar-refractivity contribution in [3.05, 3.63) is 72.9 Å². The molecule has 96 heavy (non-hydrogen) atoms. The van der Waals surface area contributed by atoms with Crippen molar-refractivity contribution >= 4 is 39.5 Å². The lowest BCUT2D eigenvalue weighted by molar-refractivity contribution is -0.161. The molecule has 0 aliphatic heterocycles. The fourth-order valence-corrected chi connectivity index (χ4v) is 11.9. The summed E-state index contributed by atoms with van der Waals surface area (Å²) in [4.78, 5) is 72.7. The van der Waals surface area contributed by atoms with Gasteiger partial charge in [0.1, 0.15) is 19.3 Å². The van der Waals surface area contributed by atoms with Crippen LogP contribution in [0.1, 0.15) is 336 Å². The van der Waals surface area contributed by atoms with Crippen LogP contribution < -0.4 is 0 Å². The SMILES string of the molecule is CC/C=C\C/C=C\C/C=C\C/C=C\C/C=C\CCCCCC(=O)OCC(COP(=O)(O)OCC(O)COP(=O)(O)OCC(COC(=O)CCCCCCC/C=C\CCCC)OC(=O)CCCCCCCCCCCCC)OC(=O)CCCCCCCCCCCCCCCCC. The van der Waals surface area contributed by atoms with E-state index < -0.39 is 97.5 Å². The average Bonchev–Trinajstić information content (AvgIpc) is 1.41. The Balaban J connectivity index is 5.32. The Bertz CT molecular complexity index is 2110. The predicted molar refractivity (Wildman–Crippen MR) is 390 cm³/mol. The number of carbonyl (C=O) groups excluding carboxylic acids is 4. The van der Waals surface area contributed by atoms with Crippen molar-refractivity contribution in [2.24, 2.45) is 0 Å². The zero-order valence-corrected chi connectivity index (χ0v) is 62.6. The van der Waals surface area contributed by atoms with Crippen LogP contribution in [0.4, 0.5) is 0 Å². The van der Waals surface area contributed by atoms with Crippen LogP contribution in [0.25, 0.3) is 0 Å². The summed E-state index contributed by atoms with van der Waals surface area (Å²) >= 11 is 0. The minimum absolute atomic E-state index is 0.0927. The number of hydrogen-bond acceptors (Lipinski definition) is 15. The van der Waals surface area contributed by atoms with Crippen LogP contribution in [0.5, 0.6) is 0 Å². The third-order valence-electron chi connectivity index (χ3n) is 16.2. The van der Waals surface area contributed by atoms with Crippen LogP contribution in [-0.4, -0.2) is 96.7 Å². The molecule has 0 rings (SSSR count). The lowest BCUT2D eigenvalue weighted by Gasteiger charge is -2.21. The molecule has 17 nitrogen and oxygen atoms in total. The number of esters is 4. The number of phosphoric acid groups is 2. The highest BCUT2D eigenvalue weighted by atomic mass is 31.2. The summed E-state index contributed by atoms with van der Waals surface area (Å²) < 4.78 is 68.4. The van der Waals surface area contributed by atoms with Crippen LogP contribution in [0.3, 0.4) is 0 Å². The van der Waals surface area contributed by atoms with Crippen molar-refractivity contribution in [3.63, 3.8) is 0 Å². The summed E-state index contributed by atoms with van der Waals surface area (Å²) in [6, 6.07) is 0. The fraction of sp³-hybridized carbons (Fsp3) is 0.792. The third kappa shape index (κ3) is 69.0. The number of aliphatic hydroxyl groups is 1. The molecule has 19 heteroatoms. The number of rotatable bonds is 72. The van der Waals surface area contributed by atoms with Crippen LogP contribution in [0, 0.1) is 0 Å². The summed E-state index contributed by atoms with van der Waals surface area (Å²) in [5.41, 5.74) is 0. The molecule has 5 unspecified atom stereocenters. The second-order valence-electron chi connectivity index (χ2n) is 25.6. The largest absolute Gasteiger partial charge is 0.472 e. The van der Waals surface area contributed by atoms with Crippen molar-refractivity contribution in [2.75, 3.05) is 39.6 Å². The maximum atomic E-state index is 13.1. The maximum Gasteiger partial charge on any atom is 0.472 e. The normalized spacial score (nSPS) is 14.4. The Labute approximate surface area is 583 Å². The second kappa shape index (κ2) is 70.0. The van der Waals surface area contributed by atoms with E-state index in [0.29, 0.717) is 25.7 Å². The van der Waals surface area contributed by atoms with Gasteiger partial charge in [0.15, 0.2) is 12.2 Å². The maximum absolute atomic E-state index is 13.1. The first kappa shape index (κ1) is 92.5. The van der Waals surface area contributed by atoms with E-state index in [4.69, 9.17) is 37.0 Å². The lowest BCUT2D eigenvalue weighted by Crippen LogP contribution is -2.30. The molecule has 3 N–H and O–H groups in total. The third-order valence-corrected chi connectivity index (χ3v) is 18.1. The number of aliphatic hydroxyl groups excluding tert-OH is 1. The first-order chi connectivity index (χ1) is 46.7. The molecule has 0 aromatic rings. The molecular formula is C77H138O17P2. The van der Waals surface area contributed by atoms with Crippen molar-refractivity contribution in [2.45, 2.75) is 354 Å². The highest BCUT2D eigenvalue weighted by molar-refractivity contribution is 7.47. The summed E-state index contributed by atoms with van der Waals surface area (Å²) in [6.45, 7) is 4.71. The van der Waals surface area contributed by atoms with E-state index in [2.05, 4.69) is 101 Å². The zero-order chi connectivity index (χ0) is 70.4. The molecule has 0 aromatic carbocycles. The standard InChI is InChI=1S/C77H138O17P2/c1-5-9-13-17-21-25-29-31-33-34-35-36-38-39-43-46-50-54-58-62-75(80)88-68-73(94-77(82)64-60-56-52-48-44-40-37-32-30-26-22-18-14-10-6-2)70-92-96(85,86)90-66-71(78)65-89-95(83,84)91-69-72(93-76(81)63-59-55-51-47-42-28-24-20-16-12-8-4)67-87-74(79)61-57-53-49-45-41-27-23-19-15-11-7-3/h9,13,19,21,23,25,31,33,35-36,39,43,71-73,78H,5-8,10-12,14-18,20,22,24,26-30,32,34,37-38,40-42,44-70H2,1-4H3,(H,83,84)(H,85,86)/b13-9-,23-19-,25-21-,33-31-,36-35-,43-39-. The predicted octanol–water partition coefficient (Wildman–Crippen LogP) is 21.7. The molecule has 0 bridgehead atoms. The van der Waals surface area contributed by atoms with Gasteiger partial charge in [-0.25, -0.2) is 9.13 Å². The van der Waals surface area contributed by atoms with E-state index in [1.54, 1.807) is 0 Å². The Morgan fingerprint density at radius 2 is 0.552 bits per heavy atom. The van der Waals surface area contributed by atoms with Gasteiger partial charge in [-0.05, 0) is 89.9 Å². The van der Waals surface area contributed by atoms with Crippen LogP contribution >= 0.6 is 15.6 Å². The van der Waals surface area contributed by atoms with Gasteiger partial charge >= 0.3 is 39.5 Å². The topological polar surface area (TPSA) is 237 Å². The number of carbonyl (C=O) groups is 4. The molecule has 558 valence electrons. The van der Waals surface area contributed by atoms with Gasteiger partial charge < -0.3 is 33.8 Å². The Morgan fingerprint density at radius 3 is 0.885 bits per heavy atom. The molecule has 0 radical (unpaired) electrons. The van der Waals surface area contributed by atoms with Gasteiger partial charge in [-0.1, -0.05) is 293 Å². The number of unbranched alkanes of at least 4 members (excludes halogenated alkanes) is 34. The van der Waals surface area contributed by atoms with Gasteiger partial charge in [0.25, 0.3) is 0 Å². The van der Waals surface area contributed by atoms with Gasteiger partial charge in [0.05, 0.1) is 26.4 Å². The van der Waals surface area contributed by atoms with Gasteiger partial charge in [0.2, 0.25) is 0 Å². The van der Waals surface area contributed by atoms with E-state index in [9.17, 15) is 43.2 Å². The highest BCUT2D eigenvalue weighted by Gasteiger charge is 2.30. The van der Waals surface area contributed by atoms with Gasteiger partial charge in [-0.2, -0.15) is 0 Å². The summed E-state index contributed by atoms with van der Waals surface area (Å²) in [5.74, 6) is -2.19. The summed E-state index contributed by atoms with van der Waals surface area (Å²) in [7, 11) is -9.94. The van der Waals surface area contributed by atoms with E-state index in [0.717, 1.165) is 141 Å². The van der Waals surface area contributed by atoms with Crippen molar-refractivity contribution in [1.82, 2.24) is 0 Å². The summed E-state index contributed by atoms with van der Waals surface area (Å²) in [5, 5.41) is 10.6. The van der Waals surface area contributed by atoms with E-state index in [1.807, 2.05) is 0 Å². The Hall–Kier alpha value is -3.50.